The molecule has 0 bridgehead atoms. The largest absolute Gasteiger partial charge is 0.268 e. The number of aryl methyl sites for hydroxylation is 1. The minimum atomic E-state index is -2.10. The molecule has 1 heterocycles. The van der Waals surface area contributed by atoms with Crippen molar-refractivity contribution in [3.63, 3.8) is 0 Å². The molecule has 0 unspecified atom stereocenters. The standard InChI is InChI=1S/C17H9F4NO2/c18-12-10-11(13(19)15(21)14(12)20)17(24)22(16(10)23)9-6-5-7-3-1-2-4-8(7)9/h1-4,9H,5-6H2/t9-/m0/s1. The maximum absolute atomic E-state index is 13.9. The Hall–Kier alpha value is -2.70. The SMILES string of the molecule is O=C1c2c(F)c(F)c(F)c(F)c2C(=O)N1[C@H]1CCc2ccccc21. The molecule has 0 radical (unpaired) electrons. The number of halogens is 4. The molecule has 1 aliphatic carbocycles. The summed E-state index contributed by atoms with van der Waals surface area (Å²) in [5.74, 6) is -10.2. The highest BCUT2D eigenvalue weighted by Crippen LogP contribution is 2.41. The van der Waals surface area contributed by atoms with Crippen LogP contribution in [-0.2, 0) is 6.42 Å². The fourth-order valence-corrected chi connectivity index (χ4v) is 3.45. The molecule has 7 heteroatoms. The highest BCUT2D eigenvalue weighted by molar-refractivity contribution is 6.22. The molecule has 2 aromatic rings. The van der Waals surface area contributed by atoms with Crippen molar-refractivity contribution in [3.8, 4) is 0 Å². The van der Waals surface area contributed by atoms with E-state index in [1.807, 2.05) is 6.07 Å². The van der Waals surface area contributed by atoms with Crippen molar-refractivity contribution in [2.45, 2.75) is 18.9 Å². The smallest absolute Gasteiger partial charge is 0.265 e. The van der Waals surface area contributed by atoms with Crippen LogP contribution in [0.15, 0.2) is 24.3 Å². The predicted molar refractivity (Wildman–Crippen MR) is 74.3 cm³/mol. The topological polar surface area (TPSA) is 37.4 Å². The van der Waals surface area contributed by atoms with Gasteiger partial charge in [0.25, 0.3) is 11.8 Å². The lowest BCUT2D eigenvalue weighted by Crippen LogP contribution is -2.33. The Balaban J connectivity index is 1.88. The lowest BCUT2D eigenvalue weighted by molar-refractivity contribution is 0.0579. The summed E-state index contributed by atoms with van der Waals surface area (Å²) < 4.78 is 54.7. The molecule has 0 saturated heterocycles. The van der Waals surface area contributed by atoms with Crippen LogP contribution in [0.5, 0.6) is 0 Å². The Labute approximate surface area is 133 Å². The summed E-state index contributed by atoms with van der Waals surface area (Å²) in [5, 5.41) is 0. The number of carbonyl (C=O) groups is 2. The molecular formula is C17H9F4NO2. The molecular weight excluding hydrogens is 326 g/mol. The number of benzene rings is 2. The molecule has 3 nitrogen and oxygen atoms in total. The molecule has 1 atom stereocenters. The number of hydrogen-bond acceptors (Lipinski definition) is 2. The molecule has 1 aliphatic heterocycles. The average Bonchev–Trinajstić information content (AvgIpc) is 3.10. The summed E-state index contributed by atoms with van der Waals surface area (Å²) in [6.45, 7) is 0. The molecule has 4 rings (SSSR count). The van der Waals surface area contributed by atoms with Gasteiger partial charge in [-0.2, -0.15) is 0 Å². The minimum Gasteiger partial charge on any atom is -0.268 e. The molecule has 0 aromatic heterocycles. The van der Waals surface area contributed by atoms with Gasteiger partial charge in [-0.3, -0.25) is 14.5 Å². The van der Waals surface area contributed by atoms with Crippen molar-refractivity contribution in [2.75, 3.05) is 0 Å². The molecule has 0 fully saturated rings. The zero-order valence-electron chi connectivity index (χ0n) is 12.1. The molecule has 2 aromatic carbocycles. The van der Waals surface area contributed by atoms with Gasteiger partial charge in [-0.05, 0) is 24.0 Å². The van der Waals surface area contributed by atoms with E-state index in [0.717, 1.165) is 5.56 Å². The van der Waals surface area contributed by atoms with Crippen LogP contribution in [0.4, 0.5) is 17.6 Å². The van der Waals surface area contributed by atoms with Crippen LogP contribution in [0, 0.1) is 23.3 Å². The van der Waals surface area contributed by atoms with Gasteiger partial charge in [-0.15, -0.1) is 0 Å². The average molecular weight is 335 g/mol. The van der Waals surface area contributed by atoms with Gasteiger partial charge in [0.15, 0.2) is 23.3 Å². The van der Waals surface area contributed by atoms with Crippen LogP contribution in [0.25, 0.3) is 0 Å². The number of rotatable bonds is 1. The van der Waals surface area contributed by atoms with E-state index in [0.29, 0.717) is 23.3 Å². The zero-order chi connectivity index (χ0) is 17.2. The summed E-state index contributed by atoms with van der Waals surface area (Å²) in [4.78, 5) is 25.6. The minimum absolute atomic E-state index is 0.388. The highest BCUT2D eigenvalue weighted by atomic mass is 19.2. The van der Waals surface area contributed by atoms with E-state index in [-0.39, 0.29) is 0 Å². The predicted octanol–water partition coefficient (Wildman–Crippen LogP) is 3.53. The zero-order valence-corrected chi connectivity index (χ0v) is 12.1. The van der Waals surface area contributed by atoms with Gasteiger partial charge in [0.05, 0.1) is 17.2 Å². The van der Waals surface area contributed by atoms with Gasteiger partial charge in [0.1, 0.15) is 0 Å². The van der Waals surface area contributed by atoms with Crippen LogP contribution >= 0.6 is 0 Å². The third-order valence-electron chi connectivity index (χ3n) is 4.55. The quantitative estimate of drug-likeness (QED) is 0.346. The Bertz CT molecular complexity index is 878. The van der Waals surface area contributed by atoms with Crippen molar-refractivity contribution in [1.82, 2.24) is 4.90 Å². The van der Waals surface area contributed by atoms with E-state index in [1.54, 1.807) is 18.2 Å². The fourth-order valence-electron chi connectivity index (χ4n) is 3.45. The monoisotopic (exact) mass is 335 g/mol. The lowest BCUT2D eigenvalue weighted by Gasteiger charge is -2.22. The van der Waals surface area contributed by atoms with E-state index in [1.165, 1.54) is 0 Å². The molecule has 2 amide bonds. The number of hydrogen-bond donors (Lipinski definition) is 0. The van der Waals surface area contributed by atoms with Crippen LogP contribution in [0.3, 0.4) is 0 Å². The Morgan fingerprint density at radius 2 is 1.38 bits per heavy atom. The molecule has 2 aliphatic rings. The van der Waals surface area contributed by atoms with E-state index < -0.39 is 52.3 Å². The van der Waals surface area contributed by atoms with Crippen molar-refractivity contribution in [2.24, 2.45) is 0 Å². The summed E-state index contributed by atoms with van der Waals surface area (Å²) >= 11 is 0. The lowest BCUT2D eigenvalue weighted by atomic mass is 10.1. The maximum atomic E-state index is 13.9. The number of fused-ring (bicyclic) bond motifs is 2. The molecule has 0 spiro atoms. The summed E-state index contributed by atoms with van der Waals surface area (Å²) in [6.07, 6.45) is 0.973. The van der Waals surface area contributed by atoms with E-state index in [2.05, 4.69) is 0 Å². The second-order valence-electron chi connectivity index (χ2n) is 5.74. The first-order valence-electron chi connectivity index (χ1n) is 7.25. The van der Waals surface area contributed by atoms with Crippen molar-refractivity contribution < 1.29 is 27.2 Å². The van der Waals surface area contributed by atoms with Gasteiger partial charge >= 0.3 is 0 Å². The Morgan fingerprint density at radius 3 is 1.96 bits per heavy atom. The van der Waals surface area contributed by atoms with Crippen molar-refractivity contribution in [3.05, 3.63) is 69.8 Å². The van der Waals surface area contributed by atoms with Crippen LogP contribution in [-0.4, -0.2) is 16.7 Å². The van der Waals surface area contributed by atoms with E-state index in [4.69, 9.17) is 0 Å². The Morgan fingerprint density at radius 1 is 0.833 bits per heavy atom. The summed E-state index contributed by atoms with van der Waals surface area (Å²) in [6, 6.07) is 6.35. The summed E-state index contributed by atoms with van der Waals surface area (Å²) in [7, 11) is 0. The van der Waals surface area contributed by atoms with Crippen molar-refractivity contribution >= 4 is 11.8 Å². The summed E-state index contributed by atoms with van der Waals surface area (Å²) in [5.41, 5.74) is -0.479. The van der Waals surface area contributed by atoms with Gasteiger partial charge in [-0.1, -0.05) is 24.3 Å². The van der Waals surface area contributed by atoms with Gasteiger partial charge in [0, 0.05) is 0 Å². The molecule has 0 saturated carbocycles. The third kappa shape index (κ3) is 1.72. The highest BCUT2D eigenvalue weighted by Gasteiger charge is 2.47. The van der Waals surface area contributed by atoms with Crippen LogP contribution < -0.4 is 0 Å². The number of nitrogens with zero attached hydrogens (tertiary/aromatic N) is 1. The van der Waals surface area contributed by atoms with Crippen LogP contribution in [0.1, 0.15) is 44.3 Å². The maximum Gasteiger partial charge on any atom is 0.265 e. The Kier molecular flexibility index (Phi) is 3.03. The second-order valence-corrected chi connectivity index (χ2v) is 5.74. The van der Waals surface area contributed by atoms with E-state index in [9.17, 15) is 27.2 Å². The third-order valence-corrected chi connectivity index (χ3v) is 4.55. The molecule has 24 heavy (non-hydrogen) atoms. The van der Waals surface area contributed by atoms with E-state index >= 15 is 0 Å². The number of carbonyl (C=O) groups excluding carboxylic acids is 2. The number of amides is 2. The first kappa shape index (κ1) is 14.9. The first-order chi connectivity index (χ1) is 11.4. The van der Waals surface area contributed by atoms with Gasteiger partial charge in [-0.25, -0.2) is 17.6 Å². The van der Waals surface area contributed by atoms with Crippen molar-refractivity contribution in [1.29, 1.82) is 0 Å². The number of imide groups is 1. The second kappa shape index (κ2) is 4.90. The van der Waals surface area contributed by atoms with Crippen LogP contribution in [0.2, 0.25) is 0 Å². The first-order valence-corrected chi connectivity index (χ1v) is 7.25. The van der Waals surface area contributed by atoms with Gasteiger partial charge in [0.2, 0.25) is 0 Å². The normalized spacial score (nSPS) is 19.0. The molecule has 122 valence electrons. The fraction of sp³-hybridized carbons (Fsp3) is 0.176. The molecule has 0 N–H and O–H groups in total. The van der Waals surface area contributed by atoms with Gasteiger partial charge < -0.3 is 0 Å².